The second-order valence-electron chi connectivity index (χ2n) is 11.9. The lowest BCUT2D eigenvalue weighted by Crippen LogP contribution is -2.59. The van der Waals surface area contributed by atoms with Crippen molar-refractivity contribution in [1.29, 1.82) is 0 Å². The third kappa shape index (κ3) is 4.42. The summed E-state index contributed by atoms with van der Waals surface area (Å²) < 4.78 is 6.88. The Morgan fingerprint density at radius 3 is 2.33 bits per heavy atom. The molecule has 4 aliphatic heterocycles. The zero-order valence-corrected chi connectivity index (χ0v) is 23.5. The predicted octanol–water partition coefficient (Wildman–Crippen LogP) is 2.77. The molecule has 5 rings (SSSR count). The van der Waals surface area contributed by atoms with Crippen LogP contribution >= 0.6 is 0 Å². The molecule has 2 fully saturated rings. The minimum atomic E-state index is -1.30. The highest BCUT2D eigenvalue weighted by molar-refractivity contribution is 6.00. The van der Waals surface area contributed by atoms with Crippen LogP contribution in [-0.4, -0.2) is 87.1 Å². The van der Waals surface area contributed by atoms with Crippen LogP contribution in [0.1, 0.15) is 46.1 Å². The molecule has 1 unspecified atom stereocenters. The van der Waals surface area contributed by atoms with Crippen LogP contribution in [0, 0.1) is 17.8 Å². The predicted molar refractivity (Wildman–Crippen MR) is 147 cm³/mol. The van der Waals surface area contributed by atoms with Gasteiger partial charge in [0.15, 0.2) is 0 Å². The quantitative estimate of drug-likeness (QED) is 0.517. The smallest absolute Gasteiger partial charge is 0.249 e. The van der Waals surface area contributed by atoms with Gasteiger partial charge in [0.2, 0.25) is 17.7 Å². The van der Waals surface area contributed by atoms with Crippen LogP contribution in [0.15, 0.2) is 54.6 Å². The fourth-order valence-electron chi connectivity index (χ4n) is 7.03. The van der Waals surface area contributed by atoms with E-state index in [1.54, 1.807) is 14.7 Å². The lowest BCUT2D eigenvalue weighted by Gasteiger charge is -2.41. The average molecular weight is 536 g/mol. The minimum Gasteiger partial charge on any atom is -0.394 e. The number of hydrogen-bond donors (Lipinski definition) is 1. The van der Waals surface area contributed by atoms with E-state index in [2.05, 4.69) is 6.92 Å². The molecule has 0 bridgehead atoms. The highest BCUT2D eigenvalue weighted by Crippen LogP contribution is 2.58. The summed E-state index contributed by atoms with van der Waals surface area (Å²) in [5.74, 6) is -2.39. The number of rotatable bonds is 8. The molecule has 39 heavy (non-hydrogen) atoms. The first-order chi connectivity index (χ1) is 18.7. The van der Waals surface area contributed by atoms with E-state index in [0.29, 0.717) is 26.2 Å². The van der Waals surface area contributed by atoms with E-state index in [1.807, 2.05) is 75.4 Å². The van der Waals surface area contributed by atoms with E-state index >= 15 is 0 Å². The van der Waals surface area contributed by atoms with Crippen molar-refractivity contribution in [1.82, 2.24) is 14.7 Å². The van der Waals surface area contributed by atoms with Gasteiger partial charge in [-0.15, -0.1) is 0 Å². The topological polar surface area (TPSA) is 90.4 Å². The van der Waals surface area contributed by atoms with Crippen LogP contribution in [-0.2, 0) is 25.7 Å². The number of benzene rings is 1. The first-order valence-corrected chi connectivity index (χ1v) is 14.3. The third-order valence-electron chi connectivity index (χ3n) is 8.97. The molecule has 1 aromatic rings. The zero-order chi connectivity index (χ0) is 27.9. The van der Waals surface area contributed by atoms with Crippen molar-refractivity contribution in [3.05, 3.63) is 60.2 Å². The first-order valence-electron chi connectivity index (χ1n) is 14.3. The summed E-state index contributed by atoms with van der Waals surface area (Å²) >= 11 is 0. The SMILES string of the molecule is CCCCN1CC=C[C@]23O[C@@]4(C)C=CCN(Cc5ccccc5)C(=O)[C@H]4[C@H]2C(=O)N([C@@H](CO)C(C)C)C3C1=O. The Kier molecular flexibility index (Phi) is 7.46. The summed E-state index contributed by atoms with van der Waals surface area (Å²) in [5, 5.41) is 10.4. The van der Waals surface area contributed by atoms with Crippen molar-refractivity contribution in [2.45, 2.75) is 70.4 Å². The van der Waals surface area contributed by atoms with Gasteiger partial charge in [0.05, 0.1) is 30.1 Å². The number of hydrogen-bond acceptors (Lipinski definition) is 5. The molecule has 3 amide bonds. The van der Waals surface area contributed by atoms with Crippen LogP contribution in [0.4, 0.5) is 0 Å². The molecular weight excluding hydrogens is 494 g/mol. The van der Waals surface area contributed by atoms with Gasteiger partial charge in [0.25, 0.3) is 0 Å². The van der Waals surface area contributed by atoms with Crippen LogP contribution in [0.3, 0.4) is 0 Å². The zero-order valence-electron chi connectivity index (χ0n) is 23.5. The molecule has 4 heterocycles. The first kappa shape index (κ1) is 27.6. The molecule has 0 aliphatic carbocycles. The molecular formula is C31H41N3O5. The van der Waals surface area contributed by atoms with Gasteiger partial charge in [-0.25, -0.2) is 0 Å². The van der Waals surface area contributed by atoms with Gasteiger partial charge in [-0.3, -0.25) is 14.4 Å². The number of aliphatic hydroxyl groups is 1. The molecule has 2 saturated heterocycles. The molecule has 1 spiro atoms. The van der Waals surface area contributed by atoms with Crippen molar-refractivity contribution in [3.63, 3.8) is 0 Å². The van der Waals surface area contributed by atoms with Crippen LogP contribution in [0.25, 0.3) is 0 Å². The Morgan fingerprint density at radius 2 is 1.67 bits per heavy atom. The summed E-state index contributed by atoms with van der Waals surface area (Å²) in [7, 11) is 0. The number of likely N-dealkylation sites (tertiary alicyclic amines) is 1. The van der Waals surface area contributed by atoms with E-state index in [1.165, 1.54) is 0 Å². The molecule has 210 valence electrons. The van der Waals surface area contributed by atoms with E-state index < -0.39 is 35.1 Å². The molecule has 6 atom stereocenters. The molecule has 4 aliphatic rings. The number of nitrogens with zero attached hydrogens (tertiary/aromatic N) is 3. The second-order valence-corrected chi connectivity index (χ2v) is 11.9. The van der Waals surface area contributed by atoms with Gasteiger partial charge in [0.1, 0.15) is 11.6 Å². The van der Waals surface area contributed by atoms with E-state index in [4.69, 9.17) is 4.74 Å². The van der Waals surface area contributed by atoms with Gasteiger partial charge in [-0.05, 0) is 24.8 Å². The summed E-state index contributed by atoms with van der Waals surface area (Å²) in [6.45, 7) is 9.38. The van der Waals surface area contributed by atoms with Crippen LogP contribution < -0.4 is 0 Å². The molecule has 0 radical (unpaired) electrons. The maximum atomic E-state index is 14.5. The summed E-state index contributed by atoms with van der Waals surface area (Å²) in [5.41, 5.74) is -1.35. The van der Waals surface area contributed by atoms with E-state index in [-0.39, 0.29) is 30.2 Å². The highest BCUT2D eigenvalue weighted by Gasteiger charge is 2.75. The van der Waals surface area contributed by atoms with Crippen LogP contribution in [0.5, 0.6) is 0 Å². The Bertz CT molecular complexity index is 1170. The summed E-state index contributed by atoms with van der Waals surface area (Å²) in [6, 6.07) is 8.29. The normalized spacial score (nSPS) is 32.8. The number of ether oxygens (including phenoxy) is 1. The number of unbranched alkanes of at least 4 members (excludes halogenated alkanes) is 1. The van der Waals surface area contributed by atoms with Crippen molar-refractivity contribution < 1.29 is 24.2 Å². The Labute approximate surface area is 231 Å². The fraction of sp³-hybridized carbons (Fsp3) is 0.581. The van der Waals surface area contributed by atoms with Crippen molar-refractivity contribution in [3.8, 4) is 0 Å². The van der Waals surface area contributed by atoms with Crippen molar-refractivity contribution in [2.75, 3.05) is 26.2 Å². The number of fused-ring (bicyclic) bond motifs is 2. The maximum absolute atomic E-state index is 14.5. The van der Waals surface area contributed by atoms with Gasteiger partial charge < -0.3 is 24.5 Å². The standard InChI is InChI=1S/C31H41N3O5/c1-5-6-16-32-17-11-15-31-25(28(37)34(26(31)29(32)38)23(20-35)21(2)3)24-27(36)33(18-10-14-30(24,4)39-31)19-22-12-8-7-9-13-22/h7-15,21,23-26,35H,5-6,16-20H2,1-4H3/t23-,24+,25-,26?,30-,31-/m0/s1. The van der Waals surface area contributed by atoms with E-state index in [9.17, 15) is 19.5 Å². The Hall–Kier alpha value is -2.97. The minimum absolute atomic E-state index is 0.0929. The number of aliphatic hydroxyl groups excluding tert-OH is 1. The van der Waals surface area contributed by atoms with Crippen molar-refractivity contribution in [2.24, 2.45) is 17.8 Å². The fourth-order valence-corrected chi connectivity index (χ4v) is 7.03. The second kappa shape index (κ2) is 10.5. The third-order valence-corrected chi connectivity index (χ3v) is 8.97. The number of carbonyl (C=O) groups excluding carboxylic acids is 3. The van der Waals surface area contributed by atoms with Crippen LogP contribution in [0.2, 0.25) is 0 Å². The van der Waals surface area contributed by atoms with Gasteiger partial charge in [0, 0.05) is 26.2 Å². The molecule has 1 N–H and O–H groups in total. The largest absolute Gasteiger partial charge is 0.394 e. The van der Waals surface area contributed by atoms with Gasteiger partial charge in [-0.2, -0.15) is 0 Å². The molecule has 0 aromatic heterocycles. The van der Waals surface area contributed by atoms with Gasteiger partial charge >= 0.3 is 0 Å². The average Bonchev–Trinajstić information content (AvgIpc) is 3.18. The highest BCUT2D eigenvalue weighted by atomic mass is 16.5. The maximum Gasteiger partial charge on any atom is 0.249 e. The molecule has 8 nitrogen and oxygen atoms in total. The summed E-state index contributed by atoms with van der Waals surface area (Å²) in [4.78, 5) is 48.2. The lowest BCUT2D eigenvalue weighted by atomic mass is 9.74. The molecule has 0 saturated carbocycles. The van der Waals surface area contributed by atoms with E-state index in [0.717, 1.165) is 18.4 Å². The van der Waals surface area contributed by atoms with Gasteiger partial charge in [-0.1, -0.05) is 81.8 Å². The lowest BCUT2D eigenvalue weighted by molar-refractivity contribution is -0.157. The number of carbonyl (C=O) groups is 3. The number of amides is 3. The monoisotopic (exact) mass is 535 g/mol. The Balaban J connectivity index is 1.60. The van der Waals surface area contributed by atoms with Crippen molar-refractivity contribution >= 4 is 17.7 Å². The molecule has 1 aromatic carbocycles. The Morgan fingerprint density at radius 1 is 0.974 bits per heavy atom. The molecule has 8 heteroatoms. The summed E-state index contributed by atoms with van der Waals surface area (Å²) in [6.07, 6.45) is 9.43.